The molecule has 5 nitrogen and oxygen atoms in total. The molecule has 0 radical (unpaired) electrons. The molecule has 1 saturated carbocycles. The fraction of sp³-hybridized carbons (Fsp3) is 0.214. The Bertz CT molecular complexity index is 667. The van der Waals surface area contributed by atoms with Crippen LogP contribution in [0.15, 0.2) is 35.4 Å². The molecule has 3 rings (SSSR count). The van der Waals surface area contributed by atoms with Crippen molar-refractivity contribution in [3.63, 3.8) is 0 Å². The third kappa shape index (κ3) is 3.80. The molecule has 1 heterocycles. The van der Waals surface area contributed by atoms with E-state index in [0.29, 0.717) is 15.2 Å². The summed E-state index contributed by atoms with van der Waals surface area (Å²) in [4.78, 5) is 16.4. The molecule has 0 aliphatic heterocycles. The van der Waals surface area contributed by atoms with Gasteiger partial charge in [0.15, 0.2) is 10.3 Å². The number of anilines is 2. The zero-order valence-corrected chi connectivity index (χ0v) is 12.6. The molecule has 2 N–H and O–H groups in total. The number of hydrazone groups is 1. The normalized spacial score (nSPS) is 14.3. The molecule has 1 amide bonds. The van der Waals surface area contributed by atoms with Crippen molar-refractivity contribution in [1.82, 2.24) is 10.4 Å². The van der Waals surface area contributed by atoms with E-state index < -0.39 is 0 Å². The van der Waals surface area contributed by atoms with E-state index in [0.717, 1.165) is 18.5 Å². The highest BCUT2D eigenvalue weighted by Crippen LogP contribution is 2.29. The summed E-state index contributed by atoms with van der Waals surface area (Å²) < 4.78 is 0. The third-order valence-electron chi connectivity index (χ3n) is 2.94. The Kier molecular flexibility index (Phi) is 4.17. The minimum atomic E-state index is -0.0329. The fourth-order valence-corrected chi connectivity index (χ4v) is 2.73. The van der Waals surface area contributed by atoms with Crippen LogP contribution in [0.2, 0.25) is 5.15 Å². The van der Waals surface area contributed by atoms with Gasteiger partial charge in [0.25, 0.3) is 0 Å². The molecule has 0 atom stereocenters. The number of hydrogen-bond acceptors (Lipinski definition) is 5. The van der Waals surface area contributed by atoms with Gasteiger partial charge in [0.1, 0.15) is 0 Å². The Labute approximate surface area is 131 Å². The van der Waals surface area contributed by atoms with Gasteiger partial charge in [0.2, 0.25) is 5.91 Å². The van der Waals surface area contributed by atoms with E-state index in [4.69, 9.17) is 11.6 Å². The standard InChI is InChI=1S/C14H13ClN4OS/c15-12-11(8-16-19-13(20)9-6-7-9)21-14(18-12)17-10-4-2-1-3-5-10/h1-5,8-9H,6-7H2,(H,17,18)(H,19,20)/b16-8+. The maximum Gasteiger partial charge on any atom is 0.243 e. The van der Waals surface area contributed by atoms with Gasteiger partial charge in [0, 0.05) is 11.6 Å². The number of rotatable bonds is 5. The van der Waals surface area contributed by atoms with Crippen LogP contribution in [-0.2, 0) is 4.79 Å². The van der Waals surface area contributed by atoms with Crippen LogP contribution in [-0.4, -0.2) is 17.1 Å². The predicted molar refractivity (Wildman–Crippen MR) is 85.3 cm³/mol. The topological polar surface area (TPSA) is 66.4 Å². The highest BCUT2D eigenvalue weighted by molar-refractivity contribution is 7.17. The summed E-state index contributed by atoms with van der Waals surface area (Å²) in [6.07, 6.45) is 3.43. The first-order valence-corrected chi connectivity index (χ1v) is 7.73. The summed E-state index contributed by atoms with van der Waals surface area (Å²) in [7, 11) is 0. The van der Waals surface area contributed by atoms with Crippen LogP contribution >= 0.6 is 22.9 Å². The Morgan fingerprint density at radius 2 is 2.14 bits per heavy atom. The van der Waals surface area contributed by atoms with Crippen LogP contribution in [0.4, 0.5) is 10.8 Å². The van der Waals surface area contributed by atoms with Crippen molar-refractivity contribution in [2.75, 3.05) is 5.32 Å². The highest BCUT2D eigenvalue weighted by atomic mass is 35.5. The Morgan fingerprint density at radius 1 is 1.38 bits per heavy atom. The number of aromatic nitrogens is 1. The summed E-state index contributed by atoms with van der Waals surface area (Å²) in [6.45, 7) is 0. The van der Waals surface area contributed by atoms with Crippen molar-refractivity contribution in [2.24, 2.45) is 11.0 Å². The average Bonchev–Trinajstić information content (AvgIpc) is 3.26. The summed E-state index contributed by atoms with van der Waals surface area (Å²) >= 11 is 7.43. The maximum absolute atomic E-state index is 11.4. The Balaban J connectivity index is 1.63. The number of nitrogens with one attached hydrogen (secondary N) is 2. The lowest BCUT2D eigenvalue weighted by atomic mass is 10.3. The zero-order valence-electron chi connectivity index (χ0n) is 11.0. The van der Waals surface area contributed by atoms with E-state index in [-0.39, 0.29) is 11.8 Å². The molecule has 0 bridgehead atoms. The molecule has 1 fully saturated rings. The largest absolute Gasteiger partial charge is 0.331 e. The molecule has 0 unspecified atom stereocenters. The zero-order chi connectivity index (χ0) is 14.7. The number of hydrogen-bond donors (Lipinski definition) is 2. The second kappa shape index (κ2) is 6.24. The summed E-state index contributed by atoms with van der Waals surface area (Å²) in [5.74, 6) is 0.101. The maximum atomic E-state index is 11.4. The van der Waals surface area contributed by atoms with Gasteiger partial charge in [-0.3, -0.25) is 4.79 Å². The van der Waals surface area contributed by atoms with Crippen LogP contribution in [0.25, 0.3) is 0 Å². The van der Waals surface area contributed by atoms with Crippen LogP contribution in [0.5, 0.6) is 0 Å². The van der Waals surface area contributed by atoms with Gasteiger partial charge in [-0.25, -0.2) is 10.4 Å². The quantitative estimate of drug-likeness (QED) is 0.655. The van der Waals surface area contributed by atoms with Gasteiger partial charge in [-0.1, -0.05) is 41.1 Å². The average molecular weight is 321 g/mol. The van der Waals surface area contributed by atoms with E-state index in [1.165, 1.54) is 17.6 Å². The lowest BCUT2D eigenvalue weighted by Gasteiger charge is -1.99. The Morgan fingerprint density at radius 3 is 2.86 bits per heavy atom. The van der Waals surface area contributed by atoms with Gasteiger partial charge in [0.05, 0.1) is 11.1 Å². The SMILES string of the molecule is O=C(N/N=C/c1sc(Nc2ccccc2)nc1Cl)C1CC1. The number of carbonyl (C=O) groups is 1. The van der Waals surface area contributed by atoms with Crippen LogP contribution in [0.3, 0.4) is 0 Å². The molecule has 7 heteroatoms. The first-order valence-electron chi connectivity index (χ1n) is 6.53. The van der Waals surface area contributed by atoms with Crippen LogP contribution < -0.4 is 10.7 Å². The molecule has 108 valence electrons. The third-order valence-corrected chi connectivity index (χ3v) is 4.24. The number of carbonyl (C=O) groups excluding carboxylic acids is 1. The molecular formula is C14H13ClN4OS. The second-order valence-corrected chi connectivity index (χ2v) is 6.06. The van der Waals surface area contributed by atoms with Crippen molar-refractivity contribution >= 4 is 45.9 Å². The van der Waals surface area contributed by atoms with Crippen molar-refractivity contribution in [3.05, 3.63) is 40.4 Å². The van der Waals surface area contributed by atoms with Crippen molar-refractivity contribution < 1.29 is 4.79 Å². The molecule has 1 aromatic heterocycles. The monoisotopic (exact) mass is 320 g/mol. The number of benzene rings is 1. The highest BCUT2D eigenvalue weighted by Gasteiger charge is 2.29. The molecule has 1 aliphatic rings. The van der Waals surface area contributed by atoms with E-state index in [2.05, 4.69) is 20.8 Å². The predicted octanol–water partition coefficient (Wildman–Crippen LogP) is 3.40. The number of para-hydroxylation sites is 1. The first-order chi connectivity index (χ1) is 10.2. The van der Waals surface area contributed by atoms with Crippen LogP contribution in [0.1, 0.15) is 17.7 Å². The Hall–Kier alpha value is -1.92. The first kappa shape index (κ1) is 14.0. The van der Waals surface area contributed by atoms with E-state index in [1.807, 2.05) is 30.3 Å². The summed E-state index contributed by atoms with van der Waals surface area (Å²) in [5.41, 5.74) is 3.45. The number of amides is 1. The molecule has 1 aliphatic carbocycles. The minimum absolute atomic E-state index is 0.0329. The molecule has 1 aromatic carbocycles. The molecule has 2 aromatic rings. The van der Waals surface area contributed by atoms with Crippen molar-refractivity contribution in [3.8, 4) is 0 Å². The van der Waals surface area contributed by atoms with Gasteiger partial charge >= 0.3 is 0 Å². The van der Waals surface area contributed by atoms with Gasteiger partial charge in [-0.05, 0) is 25.0 Å². The van der Waals surface area contributed by atoms with E-state index in [9.17, 15) is 4.79 Å². The van der Waals surface area contributed by atoms with Gasteiger partial charge in [-0.2, -0.15) is 5.10 Å². The number of thiazole rings is 1. The number of halogens is 1. The fourth-order valence-electron chi connectivity index (χ4n) is 1.68. The molecule has 0 spiro atoms. The smallest absolute Gasteiger partial charge is 0.243 e. The molecule has 21 heavy (non-hydrogen) atoms. The summed E-state index contributed by atoms with van der Waals surface area (Å²) in [6, 6.07) is 9.71. The van der Waals surface area contributed by atoms with Crippen molar-refractivity contribution in [1.29, 1.82) is 0 Å². The lowest BCUT2D eigenvalue weighted by molar-refractivity contribution is -0.122. The van der Waals surface area contributed by atoms with Gasteiger partial charge < -0.3 is 5.32 Å². The lowest BCUT2D eigenvalue weighted by Crippen LogP contribution is -2.18. The number of nitrogens with zero attached hydrogens (tertiary/aromatic N) is 2. The molecular weight excluding hydrogens is 308 g/mol. The summed E-state index contributed by atoms with van der Waals surface area (Å²) in [5, 5.41) is 8.13. The van der Waals surface area contributed by atoms with E-state index in [1.54, 1.807) is 0 Å². The second-order valence-electron chi connectivity index (χ2n) is 4.67. The minimum Gasteiger partial charge on any atom is -0.331 e. The van der Waals surface area contributed by atoms with Gasteiger partial charge in [-0.15, -0.1) is 0 Å². The molecule has 0 saturated heterocycles. The van der Waals surface area contributed by atoms with Crippen LogP contribution in [0, 0.1) is 5.92 Å². The van der Waals surface area contributed by atoms with Crippen molar-refractivity contribution in [2.45, 2.75) is 12.8 Å². The van der Waals surface area contributed by atoms with E-state index >= 15 is 0 Å².